The molecule has 0 spiro atoms. The quantitative estimate of drug-likeness (QED) is 0.450. The topological polar surface area (TPSA) is 20.2 Å². The summed E-state index contributed by atoms with van der Waals surface area (Å²) in [7, 11) is 0. The zero-order valence-electron chi connectivity index (χ0n) is 21.2. The molecule has 1 N–H and O–H groups in total. The monoisotopic (exact) mass is 414 g/mol. The first-order valence-electron chi connectivity index (χ1n) is 13.4. The van der Waals surface area contributed by atoms with Crippen molar-refractivity contribution in [2.45, 2.75) is 125 Å². The van der Waals surface area contributed by atoms with E-state index in [1.165, 1.54) is 57.8 Å². The van der Waals surface area contributed by atoms with E-state index in [-0.39, 0.29) is 6.10 Å². The van der Waals surface area contributed by atoms with Crippen LogP contribution >= 0.6 is 0 Å². The van der Waals surface area contributed by atoms with E-state index in [1.54, 1.807) is 0 Å². The maximum Gasteiger partial charge on any atom is 0.0543 e. The van der Waals surface area contributed by atoms with Gasteiger partial charge in [0.15, 0.2) is 0 Å². The van der Waals surface area contributed by atoms with Gasteiger partial charge in [-0.1, -0.05) is 72.5 Å². The number of hydrogen-bond acceptors (Lipinski definition) is 1. The van der Waals surface area contributed by atoms with Gasteiger partial charge in [0.2, 0.25) is 0 Å². The van der Waals surface area contributed by atoms with E-state index in [0.29, 0.717) is 16.2 Å². The lowest BCUT2D eigenvalue weighted by molar-refractivity contribution is -0.00530. The molecule has 0 aromatic carbocycles. The van der Waals surface area contributed by atoms with Crippen LogP contribution in [-0.2, 0) is 0 Å². The highest BCUT2D eigenvalue weighted by Crippen LogP contribution is 2.71. The molecule has 1 unspecified atom stereocenters. The molecule has 8 atom stereocenters. The van der Waals surface area contributed by atoms with E-state index >= 15 is 0 Å². The average molecular weight is 415 g/mol. The SMILES string of the molecule is CC(C)[C@@H](C)CC[C@@H](C)[C@H]1CC[C@@]2(C)C3=C(CC[C@]12C)[C@@]1(C)CC[C@H](O)CC1CC3. The lowest BCUT2D eigenvalue weighted by Gasteiger charge is -2.59. The van der Waals surface area contributed by atoms with Crippen molar-refractivity contribution in [3.05, 3.63) is 11.1 Å². The molecule has 4 aliphatic carbocycles. The van der Waals surface area contributed by atoms with Crippen molar-refractivity contribution in [1.29, 1.82) is 0 Å². The summed E-state index contributed by atoms with van der Waals surface area (Å²) in [6.45, 7) is 17.8. The van der Waals surface area contributed by atoms with Gasteiger partial charge < -0.3 is 5.11 Å². The molecule has 0 aromatic rings. The van der Waals surface area contributed by atoms with Gasteiger partial charge in [-0.3, -0.25) is 0 Å². The first kappa shape index (κ1) is 22.9. The van der Waals surface area contributed by atoms with Crippen LogP contribution in [0.25, 0.3) is 0 Å². The third-order valence-corrected chi connectivity index (χ3v) is 11.7. The number of rotatable bonds is 5. The molecule has 1 nitrogen and oxygen atoms in total. The van der Waals surface area contributed by atoms with Crippen molar-refractivity contribution in [2.75, 3.05) is 0 Å². The van der Waals surface area contributed by atoms with Crippen molar-refractivity contribution in [2.24, 2.45) is 45.8 Å². The molecule has 0 heterocycles. The predicted molar refractivity (Wildman–Crippen MR) is 128 cm³/mol. The maximum absolute atomic E-state index is 10.3. The Morgan fingerprint density at radius 1 is 0.867 bits per heavy atom. The highest BCUT2D eigenvalue weighted by molar-refractivity contribution is 5.38. The Morgan fingerprint density at radius 2 is 1.60 bits per heavy atom. The average Bonchev–Trinajstić information content (AvgIpc) is 2.97. The lowest BCUT2D eigenvalue weighted by atomic mass is 9.46. The molecule has 4 rings (SSSR count). The Labute approximate surface area is 187 Å². The Hall–Kier alpha value is -0.300. The molecule has 1 heteroatoms. The highest BCUT2D eigenvalue weighted by Gasteiger charge is 2.61. The third-order valence-electron chi connectivity index (χ3n) is 11.7. The molecular formula is C29H50O. The van der Waals surface area contributed by atoms with Crippen molar-refractivity contribution >= 4 is 0 Å². The minimum Gasteiger partial charge on any atom is -0.393 e. The van der Waals surface area contributed by atoms with Crippen molar-refractivity contribution < 1.29 is 5.11 Å². The molecule has 0 radical (unpaired) electrons. The second-order valence-electron chi connectivity index (χ2n) is 13.2. The highest BCUT2D eigenvalue weighted by atomic mass is 16.3. The van der Waals surface area contributed by atoms with Crippen LogP contribution in [0.15, 0.2) is 11.1 Å². The summed E-state index contributed by atoms with van der Waals surface area (Å²) < 4.78 is 0. The largest absolute Gasteiger partial charge is 0.393 e. The van der Waals surface area contributed by atoms with Gasteiger partial charge >= 0.3 is 0 Å². The summed E-state index contributed by atoms with van der Waals surface area (Å²) in [6, 6.07) is 0. The van der Waals surface area contributed by atoms with Gasteiger partial charge in [0.25, 0.3) is 0 Å². The van der Waals surface area contributed by atoms with Gasteiger partial charge in [-0.25, -0.2) is 0 Å². The first-order valence-corrected chi connectivity index (χ1v) is 13.4. The third kappa shape index (κ3) is 3.36. The second kappa shape index (κ2) is 7.93. The number of hydrogen-bond donors (Lipinski definition) is 1. The van der Waals surface area contributed by atoms with Crippen LogP contribution in [-0.4, -0.2) is 11.2 Å². The molecule has 2 fully saturated rings. The molecule has 0 aromatic heterocycles. The number of allylic oxidation sites excluding steroid dienone is 2. The summed E-state index contributed by atoms with van der Waals surface area (Å²) in [5.74, 6) is 4.15. The minimum atomic E-state index is -0.0420. The van der Waals surface area contributed by atoms with Gasteiger partial charge in [0, 0.05) is 0 Å². The Bertz CT molecular complexity index is 676. The lowest BCUT2D eigenvalue weighted by Crippen LogP contribution is -2.49. The summed E-state index contributed by atoms with van der Waals surface area (Å²) in [4.78, 5) is 0. The van der Waals surface area contributed by atoms with Crippen LogP contribution in [0.4, 0.5) is 0 Å². The molecule has 0 amide bonds. The van der Waals surface area contributed by atoms with Crippen molar-refractivity contribution in [3.8, 4) is 0 Å². The minimum absolute atomic E-state index is 0.0420. The van der Waals surface area contributed by atoms with Gasteiger partial charge in [-0.2, -0.15) is 0 Å². The van der Waals surface area contributed by atoms with E-state index < -0.39 is 0 Å². The van der Waals surface area contributed by atoms with E-state index in [1.807, 2.05) is 11.1 Å². The molecule has 4 aliphatic rings. The Morgan fingerprint density at radius 3 is 2.30 bits per heavy atom. The van der Waals surface area contributed by atoms with Crippen molar-refractivity contribution in [1.82, 2.24) is 0 Å². The summed E-state index contributed by atoms with van der Waals surface area (Å²) in [6.07, 6.45) is 14.3. The Kier molecular flexibility index (Phi) is 6.05. The van der Waals surface area contributed by atoms with Crippen LogP contribution in [0, 0.1) is 45.8 Å². The fraction of sp³-hybridized carbons (Fsp3) is 0.931. The molecule has 0 saturated heterocycles. The molecule has 2 saturated carbocycles. The van der Waals surface area contributed by atoms with Crippen molar-refractivity contribution in [3.63, 3.8) is 0 Å². The molecule has 30 heavy (non-hydrogen) atoms. The van der Waals surface area contributed by atoms with E-state index in [9.17, 15) is 5.11 Å². The van der Waals surface area contributed by atoms with Gasteiger partial charge in [0.05, 0.1) is 6.10 Å². The maximum atomic E-state index is 10.3. The zero-order valence-corrected chi connectivity index (χ0v) is 21.2. The van der Waals surface area contributed by atoms with E-state index in [2.05, 4.69) is 48.5 Å². The van der Waals surface area contributed by atoms with Gasteiger partial charge in [0.1, 0.15) is 0 Å². The summed E-state index contributed by atoms with van der Waals surface area (Å²) in [5, 5.41) is 10.3. The summed E-state index contributed by atoms with van der Waals surface area (Å²) >= 11 is 0. The predicted octanol–water partition coefficient (Wildman–Crippen LogP) is 8.17. The standard InChI is InChI=1S/C29H50O/c1-19(2)20(3)8-9-21(4)24-13-16-29(7)26-11-10-22-18-23(30)12-15-27(22,5)25(26)14-17-28(24,29)6/h19-24,30H,8-18H2,1-7H3/t20-,21+,22?,23-,24+,27-,28+,29-/m0/s1. The Balaban J connectivity index is 1.58. The van der Waals surface area contributed by atoms with E-state index in [0.717, 1.165) is 42.4 Å². The first-order chi connectivity index (χ1) is 14.0. The fourth-order valence-electron chi connectivity index (χ4n) is 8.84. The smallest absolute Gasteiger partial charge is 0.0543 e. The molecule has 0 bridgehead atoms. The normalized spacial score (nSPS) is 45.7. The fourth-order valence-corrected chi connectivity index (χ4v) is 8.84. The number of aliphatic hydroxyl groups excluding tert-OH is 1. The second-order valence-corrected chi connectivity index (χ2v) is 13.2. The molecule has 0 aliphatic heterocycles. The van der Waals surface area contributed by atoms with Gasteiger partial charge in [-0.15, -0.1) is 0 Å². The molecule has 172 valence electrons. The van der Waals surface area contributed by atoms with E-state index in [4.69, 9.17) is 0 Å². The number of fused-ring (bicyclic) bond motifs is 4. The van der Waals surface area contributed by atoms with Crippen LogP contribution < -0.4 is 0 Å². The van der Waals surface area contributed by atoms with Crippen LogP contribution in [0.1, 0.15) is 119 Å². The van der Waals surface area contributed by atoms with Gasteiger partial charge in [-0.05, 0) is 104 Å². The van der Waals surface area contributed by atoms with Crippen LogP contribution in [0.5, 0.6) is 0 Å². The summed E-state index contributed by atoms with van der Waals surface area (Å²) in [5.41, 5.74) is 5.06. The molecular weight excluding hydrogens is 364 g/mol. The zero-order chi connectivity index (χ0) is 21.9. The number of aliphatic hydroxyl groups is 1. The van der Waals surface area contributed by atoms with Crippen LogP contribution in [0.2, 0.25) is 0 Å². The van der Waals surface area contributed by atoms with Crippen LogP contribution in [0.3, 0.4) is 0 Å².